The molecule has 2 N–H and O–H groups in total. The predicted octanol–water partition coefficient (Wildman–Crippen LogP) is 0.873. The average Bonchev–Trinajstić information content (AvgIpc) is 2.81. The van der Waals surface area contributed by atoms with Gasteiger partial charge in [-0.2, -0.15) is 0 Å². The summed E-state index contributed by atoms with van der Waals surface area (Å²) in [7, 11) is 0. The molecule has 0 aliphatic carbocycles. The van der Waals surface area contributed by atoms with Crippen molar-refractivity contribution < 1.29 is 4.79 Å². The molecule has 86 valence electrons. The second-order valence-electron chi connectivity index (χ2n) is 4.67. The first kappa shape index (κ1) is 10.7. The smallest absolute Gasteiger partial charge is 0.320 e. The maximum absolute atomic E-state index is 12.1. The zero-order valence-electron chi connectivity index (χ0n) is 9.32. The van der Waals surface area contributed by atoms with E-state index in [2.05, 4.69) is 0 Å². The molecule has 0 radical (unpaired) electrons. The molecule has 15 heavy (non-hydrogen) atoms. The molecule has 2 fully saturated rings. The Bertz CT molecular complexity index is 226. The third kappa shape index (κ3) is 2.43. The Kier molecular flexibility index (Phi) is 3.46. The molecule has 0 aromatic carbocycles. The Morgan fingerprint density at radius 1 is 1.13 bits per heavy atom. The Labute approximate surface area is 91.4 Å². The van der Waals surface area contributed by atoms with E-state index >= 15 is 0 Å². The van der Waals surface area contributed by atoms with E-state index in [0.717, 1.165) is 32.6 Å². The summed E-state index contributed by atoms with van der Waals surface area (Å²) in [6, 6.07) is 0.241. The van der Waals surface area contributed by atoms with Crippen LogP contribution in [0, 0.1) is 5.92 Å². The fraction of sp³-hybridized carbons (Fsp3) is 0.909. The van der Waals surface area contributed by atoms with E-state index in [9.17, 15) is 4.79 Å². The van der Waals surface area contributed by atoms with Crippen LogP contribution in [0.25, 0.3) is 0 Å². The number of urea groups is 1. The molecule has 0 aromatic heterocycles. The van der Waals surface area contributed by atoms with Crippen LogP contribution < -0.4 is 5.73 Å². The average molecular weight is 211 g/mol. The number of carbonyl (C=O) groups excluding carboxylic acids is 1. The summed E-state index contributed by atoms with van der Waals surface area (Å²) in [6.07, 6.45) is 4.63. The van der Waals surface area contributed by atoms with Gasteiger partial charge in [-0.15, -0.1) is 0 Å². The van der Waals surface area contributed by atoms with Crippen molar-refractivity contribution in [2.45, 2.75) is 25.7 Å². The number of amides is 2. The van der Waals surface area contributed by atoms with E-state index < -0.39 is 0 Å². The van der Waals surface area contributed by atoms with Crippen LogP contribution in [-0.2, 0) is 0 Å². The van der Waals surface area contributed by atoms with E-state index in [0.29, 0.717) is 12.5 Å². The van der Waals surface area contributed by atoms with E-state index in [1.54, 1.807) is 0 Å². The van der Waals surface area contributed by atoms with Crippen LogP contribution >= 0.6 is 0 Å². The standard InChI is InChI=1S/C11H21N3O/c12-8-10-4-3-7-14(9-10)11(15)13-5-1-2-6-13/h10H,1-9,12H2. The summed E-state index contributed by atoms with van der Waals surface area (Å²) in [5, 5.41) is 0. The molecule has 1 unspecified atom stereocenters. The monoisotopic (exact) mass is 211 g/mol. The fourth-order valence-corrected chi connectivity index (χ4v) is 2.54. The van der Waals surface area contributed by atoms with Gasteiger partial charge in [-0.3, -0.25) is 0 Å². The highest BCUT2D eigenvalue weighted by atomic mass is 16.2. The molecule has 0 saturated carbocycles. The Hall–Kier alpha value is -0.770. The summed E-state index contributed by atoms with van der Waals surface area (Å²) >= 11 is 0. The lowest BCUT2D eigenvalue weighted by Crippen LogP contribution is -2.47. The van der Waals surface area contributed by atoms with Crippen LogP contribution in [0.4, 0.5) is 4.79 Å². The fourth-order valence-electron chi connectivity index (χ4n) is 2.54. The molecule has 2 saturated heterocycles. The van der Waals surface area contributed by atoms with E-state index in [4.69, 9.17) is 5.73 Å². The lowest BCUT2D eigenvalue weighted by molar-refractivity contribution is 0.137. The molecule has 0 spiro atoms. The maximum Gasteiger partial charge on any atom is 0.320 e. The summed E-state index contributed by atoms with van der Waals surface area (Å²) in [5.74, 6) is 0.519. The summed E-state index contributed by atoms with van der Waals surface area (Å²) in [6.45, 7) is 4.40. The van der Waals surface area contributed by atoms with Crippen molar-refractivity contribution in [2.75, 3.05) is 32.7 Å². The second-order valence-corrected chi connectivity index (χ2v) is 4.67. The van der Waals surface area contributed by atoms with Crippen molar-refractivity contribution in [3.8, 4) is 0 Å². The summed E-state index contributed by atoms with van der Waals surface area (Å²) < 4.78 is 0. The van der Waals surface area contributed by atoms with Crippen molar-refractivity contribution >= 4 is 6.03 Å². The van der Waals surface area contributed by atoms with Gasteiger partial charge in [0.15, 0.2) is 0 Å². The molecule has 2 aliphatic rings. The number of carbonyl (C=O) groups is 1. The maximum atomic E-state index is 12.1. The Morgan fingerprint density at radius 2 is 1.80 bits per heavy atom. The van der Waals surface area contributed by atoms with Gasteiger partial charge in [-0.1, -0.05) is 0 Å². The van der Waals surface area contributed by atoms with Gasteiger partial charge in [0, 0.05) is 26.2 Å². The van der Waals surface area contributed by atoms with Crippen LogP contribution in [0.2, 0.25) is 0 Å². The van der Waals surface area contributed by atoms with Crippen LogP contribution in [-0.4, -0.2) is 48.6 Å². The SMILES string of the molecule is NCC1CCCN(C(=O)N2CCCC2)C1. The van der Waals surface area contributed by atoms with Crippen LogP contribution in [0.15, 0.2) is 0 Å². The van der Waals surface area contributed by atoms with E-state index in [1.165, 1.54) is 19.3 Å². The van der Waals surface area contributed by atoms with Crippen molar-refractivity contribution in [1.29, 1.82) is 0 Å². The predicted molar refractivity (Wildman–Crippen MR) is 59.6 cm³/mol. The Morgan fingerprint density at radius 3 is 2.47 bits per heavy atom. The number of rotatable bonds is 1. The highest BCUT2D eigenvalue weighted by molar-refractivity contribution is 5.74. The van der Waals surface area contributed by atoms with Crippen molar-refractivity contribution in [2.24, 2.45) is 11.7 Å². The molecule has 2 amide bonds. The lowest BCUT2D eigenvalue weighted by atomic mass is 9.99. The number of nitrogens with two attached hydrogens (primary N) is 1. The lowest BCUT2D eigenvalue weighted by Gasteiger charge is -2.34. The molecule has 2 rings (SSSR count). The van der Waals surface area contributed by atoms with E-state index in [-0.39, 0.29) is 6.03 Å². The molecule has 1 atom stereocenters. The van der Waals surface area contributed by atoms with Gasteiger partial charge in [0.25, 0.3) is 0 Å². The van der Waals surface area contributed by atoms with Gasteiger partial charge in [0.1, 0.15) is 0 Å². The molecule has 2 heterocycles. The quantitative estimate of drug-likeness (QED) is 0.699. The Balaban J connectivity index is 1.88. The van der Waals surface area contributed by atoms with Crippen LogP contribution in [0.3, 0.4) is 0 Å². The van der Waals surface area contributed by atoms with Gasteiger partial charge >= 0.3 is 6.03 Å². The van der Waals surface area contributed by atoms with Crippen molar-refractivity contribution in [3.05, 3.63) is 0 Å². The molecular weight excluding hydrogens is 190 g/mol. The molecular formula is C11H21N3O. The zero-order valence-corrected chi connectivity index (χ0v) is 9.32. The van der Waals surface area contributed by atoms with Crippen molar-refractivity contribution in [3.63, 3.8) is 0 Å². The summed E-state index contributed by atoms with van der Waals surface area (Å²) in [5.41, 5.74) is 5.67. The molecule has 4 nitrogen and oxygen atoms in total. The molecule has 2 aliphatic heterocycles. The molecule has 0 aromatic rings. The van der Waals surface area contributed by atoms with Crippen molar-refractivity contribution in [1.82, 2.24) is 9.80 Å². The molecule has 4 heteroatoms. The first-order chi connectivity index (χ1) is 7.31. The van der Waals surface area contributed by atoms with Gasteiger partial charge in [0.2, 0.25) is 0 Å². The molecule has 0 bridgehead atoms. The number of likely N-dealkylation sites (tertiary alicyclic amines) is 2. The number of hydrogen-bond donors (Lipinski definition) is 1. The first-order valence-corrected chi connectivity index (χ1v) is 6.05. The zero-order chi connectivity index (χ0) is 10.7. The van der Waals surface area contributed by atoms with Gasteiger partial charge in [-0.05, 0) is 38.1 Å². The van der Waals surface area contributed by atoms with Gasteiger partial charge in [-0.25, -0.2) is 4.79 Å². The van der Waals surface area contributed by atoms with Gasteiger partial charge < -0.3 is 15.5 Å². The minimum Gasteiger partial charge on any atom is -0.330 e. The van der Waals surface area contributed by atoms with E-state index in [1.807, 2.05) is 9.80 Å². The highest BCUT2D eigenvalue weighted by Gasteiger charge is 2.27. The number of hydrogen-bond acceptors (Lipinski definition) is 2. The largest absolute Gasteiger partial charge is 0.330 e. The topological polar surface area (TPSA) is 49.6 Å². The third-order valence-corrected chi connectivity index (χ3v) is 3.50. The number of nitrogens with zero attached hydrogens (tertiary/aromatic N) is 2. The van der Waals surface area contributed by atoms with Crippen LogP contribution in [0.1, 0.15) is 25.7 Å². The highest BCUT2D eigenvalue weighted by Crippen LogP contribution is 2.18. The summed E-state index contributed by atoms with van der Waals surface area (Å²) in [4.78, 5) is 16.1. The minimum atomic E-state index is 0.241. The second kappa shape index (κ2) is 4.84. The normalized spacial score (nSPS) is 27.1. The minimum absolute atomic E-state index is 0.241. The first-order valence-electron chi connectivity index (χ1n) is 6.05. The third-order valence-electron chi connectivity index (χ3n) is 3.50. The van der Waals surface area contributed by atoms with Gasteiger partial charge in [0.05, 0.1) is 0 Å². The van der Waals surface area contributed by atoms with Crippen LogP contribution in [0.5, 0.6) is 0 Å². The number of piperidine rings is 1.